The maximum atomic E-state index is 6.97. The van der Waals surface area contributed by atoms with Crippen LogP contribution in [-0.4, -0.2) is 12.7 Å². The maximum Gasteiger partial charge on any atom is 0.0614 e. The van der Waals surface area contributed by atoms with E-state index in [1.807, 2.05) is 6.07 Å². The zero-order valence-corrected chi connectivity index (χ0v) is 26.7. The topological polar surface area (TPSA) is 61.3 Å². The van der Waals surface area contributed by atoms with Gasteiger partial charge in [-0.2, -0.15) is 0 Å². The molecule has 1 aromatic rings. The molecular formula is C37H62N2O. The van der Waals surface area contributed by atoms with Gasteiger partial charge in [-0.1, -0.05) is 66.7 Å². The van der Waals surface area contributed by atoms with Gasteiger partial charge in [0.15, 0.2) is 0 Å². The van der Waals surface area contributed by atoms with Crippen molar-refractivity contribution in [3.8, 4) is 0 Å². The second kappa shape index (κ2) is 12.6. The van der Waals surface area contributed by atoms with E-state index in [2.05, 4.69) is 46.8 Å². The van der Waals surface area contributed by atoms with Crippen molar-refractivity contribution in [2.45, 2.75) is 137 Å². The number of nitrogen functional groups attached to an aromatic ring is 2. The molecule has 0 aliphatic heterocycles. The quantitative estimate of drug-likeness (QED) is 0.213. The molecule has 0 spiro atoms. The summed E-state index contributed by atoms with van der Waals surface area (Å²) < 4.78 is 6.97. The van der Waals surface area contributed by atoms with Crippen LogP contribution in [0.4, 0.5) is 11.4 Å². The van der Waals surface area contributed by atoms with Crippen LogP contribution in [0.15, 0.2) is 18.2 Å². The Morgan fingerprint density at radius 1 is 0.825 bits per heavy atom. The lowest BCUT2D eigenvalue weighted by atomic mass is 9.44. The SMILES string of the molecule is CC(C)CCC[C@@H](C)[C@H]1C(OCCCCc2cc(N)cc(N)c2)C[C@H]2[C@@H]3CCC4CCCC[C@]4(C)[C@H]3CC[C@]12C. The van der Waals surface area contributed by atoms with Gasteiger partial charge in [0.2, 0.25) is 0 Å². The zero-order valence-electron chi connectivity index (χ0n) is 26.7. The summed E-state index contributed by atoms with van der Waals surface area (Å²) in [5, 5.41) is 0. The van der Waals surface area contributed by atoms with E-state index in [1.54, 1.807) is 0 Å². The molecule has 0 saturated heterocycles. The lowest BCUT2D eigenvalue weighted by Crippen LogP contribution is -2.53. The van der Waals surface area contributed by atoms with Gasteiger partial charge in [0.05, 0.1) is 6.10 Å². The van der Waals surface area contributed by atoms with Gasteiger partial charge >= 0.3 is 0 Å². The van der Waals surface area contributed by atoms with Crippen molar-refractivity contribution in [2.24, 2.45) is 52.3 Å². The molecule has 0 heterocycles. The van der Waals surface area contributed by atoms with Crippen molar-refractivity contribution in [1.82, 2.24) is 0 Å². The monoisotopic (exact) mass is 550 g/mol. The molecule has 2 unspecified atom stereocenters. The summed E-state index contributed by atoms with van der Waals surface area (Å²) in [5.74, 6) is 6.05. The fraction of sp³-hybridized carbons (Fsp3) is 0.838. The highest BCUT2D eigenvalue weighted by atomic mass is 16.5. The van der Waals surface area contributed by atoms with Crippen molar-refractivity contribution in [3.05, 3.63) is 23.8 Å². The molecule has 3 heteroatoms. The van der Waals surface area contributed by atoms with Crippen LogP contribution in [0.25, 0.3) is 0 Å². The highest BCUT2D eigenvalue weighted by molar-refractivity contribution is 5.54. The van der Waals surface area contributed by atoms with E-state index < -0.39 is 0 Å². The molecule has 0 bridgehead atoms. The smallest absolute Gasteiger partial charge is 0.0614 e. The second-order valence-corrected chi connectivity index (χ2v) is 15.9. The van der Waals surface area contributed by atoms with Crippen LogP contribution >= 0.6 is 0 Å². The molecule has 1 aromatic carbocycles. The lowest BCUT2D eigenvalue weighted by Gasteiger charge is -2.60. The number of hydrogen-bond acceptors (Lipinski definition) is 3. The third-order valence-electron chi connectivity index (χ3n) is 13.0. The molecule has 4 saturated carbocycles. The maximum absolute atomic E-state index is 6.97. The summed E-state index contributed by atoms with van der Waals surface area (Å²) >= 11 is 0. The Labute approximate surface area is 247 Å². The fourth-order valence-electron chi connectivity index (χ4n) is 11.1. The first-order valence-electron chi connectivity index (χ1n) is 17.4. The van der Waals surface area contributed by atoms with Crippen molar-refractivity contribution >= 4 is 11.4 Å². The third kappa shape index (κ3) is 6.11. The number of rotatable bonds is 11. The minimum atomic E-state index is 0.447. The summed E-state index contributed by atoms with van der Waals surface area (Å²) in [7, 11) is 0. The summed E-state index contributed by atoms with van der Waals surface area (Å²) in [5.41, 5.74) is 15.9. The molecule has 3 nitrogen and oxygen atoms in total. The first-order chi connectivity index (χ1) is 19.1. The Kier molecular flexibility index (Phi) is 9.50. The molecule has 0 amide bonds. The Morgan fingerprint density at radius 2 is 1.60 bits per heavy atom. The average Bonchev–Trinajstić information content (AvgIpc) is 3.19. The Morgan fingerprint density at radius 3 is 2.35 bits per heavy atom. The number of anilines is 2. The molecule has 4 aliphatic rings. The van der Waals surface area contributed by atoms with E-state index >= 15 is 0 Å². The van der Waals surface area contributed by atoms with Crippen molar-refractivity contribution in [2.75, 3.05) is 18.1 Å². The summed E-state index contributed by atoms with van der Waals surface area (Å²) in [6.07, 6.45) is 21.0. The van der Waals surface area contributed by atoms with Crippen LogP contribution in [-0.2, 0) is 11.2 Å². The van der Waals surface area contributed by atoms with Gasteiger partial charge in [-0.15, -0.1) is 0 Å². The Balaban J connectivity index is 1.26. The van der Waals surface area contributed by atoms with Gasteiger partial charge in [0.25, 0.3) is 0 Å². The first kappa shape index (κ1) is 30.2. The predicted octanol–water partition coefficient (Wildman–Crippen LogP) is 9.68. The minimum absolute atomic E-state index is 0.447. The van der Waals surface area contributed by atoms with Crippen LogP contribution in [0, 0.1) is 52.3 Å². The average molecular weight is 551 g/mol. The van der Waals surface area contributed by atoms with Crippen LogP contribution < -0.4 is 11.5 Å². The van der Waals surface area contributed by atoms with E-state index in [9.17, 15) is 0 Å². The van der Waals surface area contributed by atoms with Crippen LogP contribution in [0.5, 0.6) is 0 Å². The van der Waals surface area contributed by atoms with E-state index in [4.69, 9.17) is 16.2 Å². The highest BCUT2D eigenvalue weighted by Crippen LogP contribution is 2.68. The van der Waals surface area contributed by atoms with E-state index in [-0.39, 0.29) is 0 Å². The molecule has 40 heavy (non-hydrogen) atoms. The Bertz CT molecular complexity index is 955. The molecule has 0 aromatic heterocycles. The number of nitrogens with two attached hydrogens (primary N) is 2. The van der Waals surface area contributed by atoms with Crippen molar-refractivity contribution in [3.63, 3.8) is 0 Å². The van der Waals surface area contributed by atoms with Gasteiger partial charge in [0, 0.05) is 18.0 Å². The number of unbranched alkanes of at least 4 members (excludes halogenated alkanes) is 1. The Hall–Kier alpha value is -1.22. The summed E-state index contributed by atoms with van der Waals surface area (Å²) in [6.45, 7) is 13.7. The molecule has 4 N–H and O–H groups in total. The first-order valence-corrected chi connectivity index (χ1v) is 17.4. The molecule has 9 atom stereocenters. The number of benzene rings is 1. The lowest BCUT2D eigenvalue weighted by molar-refractivity contribution is -0.116. The van der Waals surface area contributed by atoms with Gasteiger partial charge in [-0.3, -0.25) is 0 Å². The van der Waals surface area contributed by atoms with Gasteiger partial charge < -0.3 is 16.2 Å². The van der Waals surface area contributed by atoms with Crippen LogP contribution in [0.2, 0.25) is 0 Å². The van der Waals surface area contributed by atoms with Crippen molar-refractivity contribution < 1.29 is 4.74 Å². The predicted molar refractivity (Wildman–Crippen MR) is 171 cm³/mol. The standard InChI is InChI=1S/C37H62N2O/c1-25(2)11-10-12-26(3)35-34(40-20-9-7-13-27-21-29(38)23-30(39)22-27)24-33-31-16-15-28-14-6-8-18-36(28,4)32(31)17-19-37(33,35)5/h21-23,25-26,28,31-35H,6-20,24,38-39H2,1-5H3/t26-,28?,31-,32+,33+,34?,35+,36+,37+/m1/s1. The summed E-state index contributed by atoms with van der Waals surface area (Å²) in [4.78, 5) is 0. The van der Waals surface area contributed by atoms with Crippen LogP contribution in [0.1, 0.15) is 130 Å². The fourth-order valence-corrected chi connectivity index (χ4v) is 11.1. The number of hydrogen-bond donors (Lipinski definition) is 2. The van der Waals surface area contributed by atoms with E-state index in [1.165, 1.54) is 82.6 Å². The molecular weight excluding hydrogens is 488 g/mol. The zero-order chi connectivity index (χ0) is 28.5. The van der Waals surface area contributed by atoms with E-state index in [0.717, 1.165) is 78.7 Å². The summed E-state index contributed by atoms with van der Waals surface area (Å²) in [6, 6.07) is 6.00. The van der Waals surface area contributed by atoms with Gasteiger partial charge in [0.1, 0.15) is 0 Å². The number of fused-ring (bicyclic) bond motifs is 5. The highest BCUT2D eigenvalue weighted by Gasteiger charge is 2.62. The third-order valence-corrected chi connectivity index (χ3v) is 13.0. The van der Waals surface area contributed by atoms with E-state index in [0.29, 0.717) is 16.9 Å². The molecule has 226 valence electrons. The van der Waals surface area contributed by atoms with Gasteiger partial charge in [-0.25, -0.2) is 0 Å². The molecule has 5 rings (SSSR count). The second-order valence-electron chi connectivity index (χ2n) is 15.9. The normalized spacial score (nSPS) is 38.0. The largest absolute Gasteiger partial charge is 0.399 e. The molecule has 0 radical (unpaired) electrons. The minimum Gasteiger partial charge on any atom is -0.399 e. The molecule has 4 fully saturated rings. The number of aryl methyl sites for hydroxylation is 1. The van der Waals surface area contributed by atoms with Gasteiger partial charge in [-0.05, 0) is 140 Å². The molecule has 4 aliphatic carbocycles. The number of ether oxygens (including phenoxy) is 1. The van der Waals surface area contributed by atoms with Crippen molar-refractivity contribution in [1.29, 1.82) is 0 Å². The van der Waals surface area contributed by atoms with Crippen LogP contribution in [0.3, 0.4) is 0 Å².